The Hall–Kier alpha value is -2.09. The van der Waals surface area contributed by atoms with Gasteiger partial charge in [-0.15, -0.1) is 0 Å². The molecule has 8 nitrogen and oxygen atoms in total. The highest BCUT2D eigenvalue weighted by atomic mass is 79.9. The van der Waals surface area contributed by atoms with Crippen molar-refractivity contribution >= 4 is 51.0 Å². The molecule has 220 valence electrons. The van der Waals surface area contributed by atoms with Gasteiger partial charge in [0.15, 0.2) is 0 Å². The van der Waals surface area contributed by atoms with E-state index in [0.29, 0.717) is 22.2 Å². The number of nitrogens with zero attached hydrogens (tertiary/aromatic N) is 2. The molecule has 1 amide bonds. The first-order chi connectivity index (χ1) is 18.9. The monoisotopic (exact) mass is 668 g/mol. The van der Waals surface area contributed by atoms with E-state index in [1.165, 1.54) is 5.56 Å². The fourth-order valence-corrected chi connectivity index (χ4v) is 5.08. The Morgan fingerprint density at radius 3 is 2.40 bits per heavy atom. The largest absolute Gasteiger partial charge is 0.491 e. The van der Waals surface area contributed by atoms with Gasteiger partial charge < -0.3 is 20.5 Å². The number of carbonyl (C=O) groups excluding carboxylic acids is 1. The lowest BCUT2D eigenvalue weighted by atomic mass is 10.2. The predicted octanol–water partition coefficient (Wildman–Crippen LogP) is 4.68. The molecule has 2 fully saturated rings. The zero-order chi connectivity index (χ0) is 29.3. The maximum absolute atomic E-state index is 12.5. The second-order valence-electron chi connectivity index (χ2n) is 9.33. The van der Waals surface area contributed by atoms with Crippen LogP contribution < -0.4 is 15.4 Å². The van der Waals surface area contributed by atoms with E-state index in [9.17, 15) is 18.0 Å². The topological polar surface area (TPSA) is 94.1 Å². The Labute approximate surface area is 248 Å². The molecule has 0 bridgehead atoms. The number of nitrogens with one attached hydrogen (secondary N) is 2. The summed E-state index contributed by atoms with van der Waals surface area (Å²) in [5, 5.41) is 14.4. The molecule has 0 saturated carbocycles. The molecule has 2 aliphatic heterocycles. The number of amides is 1. The van der Waals surface area contributed by atoms with Crippen LogP contribution in [0, 0.1) is 0 Å². The number of rotatable bonds is 8. The summed E-state index contributed by atoms with van der Waals surface area (Å²) in [5.41, 5.74) is 1.74. The Balaban J connectivity index is 0.000000559. The van der Waals surface area contributed by atoms with Crippen molar-refractivity contribution in [1.29, 1.82) is 0 Å². The lowest BCUT2D eigenvalue weighted by molar-refractivity contribution is -0.192. The van der Waals surface area contributed by atoms with Gasteiger partial charge in [-0.3, -0.25) is 14.6 Å². The zero-order valence-corrected chi connectivity index (χ0v) is 24.5. The predicted molar refractivity (Wildman–Crippen MR) is 150 cm³/mol. The number of hydrogen-bond acceptors (Lipinski definition) is 6. The van der Waals surface area contributed by atoms with E-state index in [1.807, 2.05) is 6.07 Å². The quantitative estimate of drug-likeness (QED) is 0.376. The van der Waals surface area contributed by atoms with Crippen molar-refractivity contribution in [3.05, 3.63) is 62.0 Å². The number of carbonyl (C=O) groups is 2. The zero-order valence-electron chi connectivity index (χ0n) is 21.4. The number of likely N-dealkylation sites (tertiary alicyclic amines) is 1. The van der Waals surface area contributed by atoms with Gasteiger partial charge in [-0.25, -0.2) is 4.79 Å². The van der Waals surface area contributed by atoms with Gasteiger partial charge >= 0.3 is 12.1 Å². The van der Waals surface area contributed by atoms with Gasteiger partial charge in [0.25, 0.3) is 5.91 Å². The number of halogens is 6. The lowest BCUT2D eigenvalue weighted by Crippen LogP contribution is -2.44. The number of carboxylic acid groups (broad SMARTS) is 1. The molecule has 4 rings (SSSR count). The molecule has 2 aliphatic rings. The minimum atomic E-state index is -5.08. The van der Waals surface area contributed by atoms with Gasteiger partial charge in [0.2, 0.25) is 0 Å². The van der Waals surface area contributed by atoms with Crippen LogP contribution in [-0.4, -0.2) is 91.4 Å². The third-order valence-corrected chi connectivity index (χ3v) is 7.67. The second kappa shape index (κ2) is 15.2. The molecule has 0 aromatic heterocycles. The van der Waals surface area contributed by atoms with Crippen LogP contribution in [0.3, 0.4) is 0 Å². The maximum Gasteiger partial charge on any atom is 0.490 e. The number of piperazine rings is 1. The molecular weight excluding hydrogens is 640 g/mol. The first-order valence-corrected chi connectivity index (χ1v) is 14.1. The van der Waals surface area contributed by atoms with E-state index in [1.54, 1.807) is 18.2 Å². The molecule has 2 aromatic carbocycles. The highest BCUT2D eigenvalue weighted by Gasteiger charge is 2.38. The molecule has 0 radical (unpaired) electrons. The summed E-state index contributed by atoms with van der Waals surface area (Å²) in [7, 11) is 0. The lowest BCUT2D eigenvalue weighted by Gasteiger charge is -2.27. The number of alkyl halides is 3. The fraction of sp³-hybridized carbons (Fsp3) is 0.462. The third-order valence-electron chi connectivity index (χ3n) is 6.31. The molecule has 14 heteroatoms. The smallest absolute Gasteiger partial charge is 0.490 e. The minimum Gasteiger partial charge on any atom is -0.491 e. The Morgan fingerprint density at radius 1 is 1.07 bits per heavy atom. The SMILES string of the molecule is O=C(N[C@H]1CCN(Cc2ccc(OCCN3CCNCC3)c(Br)c2)C1)c1ccc(Cl)c(Cl)c1.O=C(O)C(F)(F)F. The van der Waals surface area contributed by atoms with Crippen LogP contribution in [0.4, 0.5) is 13.2 Å². The first kappa shape index (κ1) is 32.4. The van der Waals surface area contributed by atoms with E-state index in [4.69, 9.17) is 37.8 Å². The van der Waals surface area contributed by atoms with Crippen LogP contribution in [0.25, 0.3) is 0 Å². The fourth-order valence-electron chi connectivity index (χ4n) is 4.24. The van der Waals surface area contributed by atoms with Crippen LogP contribution in [0.1, 0.15) is 22.3 Å². The van der Waals surface area contributed by atoms with Crippen LogP contribution in [0.5, 0.6) is 5.75 Å². The molecule has 1 atom stereocenters. The average Bonchev–Trinajstić information content (AvgIpc) is 3.33. The van der Waals surface area contributed by atoms with E-state index < -0.39 is 12.1 Å². The Kier molecular flexibility index (Phi) is 12.3. The van der Waals surface area contributed by atoms with Gasteiger partial charge in [0, 0.05) is 64.0 Å². The average molecular weight is 670 g/mol. The van der Waals surface area contributed by atoms with Crippen LogP contribution in [-0.2, 0) is 11.3 Å². The molecule has 3 N–H and O–H groups in total. The number of aliphatic carboxylic acids is 1. The van der Waals surface area contributed by atoms with Gasteiger partial charge in [0.05, 0.1) is 14.5 Å². The standard InChI is InChI=1S/C24H29BrCl2N4O2.C2HF3O2/c25-20-13-17(1-4-23(20)33-12-11-30-9-6-28-7-10-30)15-31-8-5-19(16-31)29-24(32)18-2-3-21(26)22(27)14-18;3-2(4,5)1(6)7/h1-4,13-14,19,28H,5-12,15-16H2,(H,29,32);(H,6,7)/t19-;/m0./s1. The summed E-state index contributed by atoms with van der Waals surface area (Å²) in [6.45, 7) is 8.47. The summed E-state index contributed by atoms with van der Waals surface area (Å²) in [5.74, 6) is -2.00. The molecule has 0 aliphatic carbocycles. The van der Waals surface area contributed by atoms with Crippen molar-refractivity contribution in [2.24, 2.45) is 0 Å². The van der Waals surface area contributed by atoms with Crippen molar-refractivity contribution in [2.45, 2.75) is 25.2 Å². The van der Waals surface area contributed by atoms with E-state index in [-0.39, 0.29) is 11.9 Å². The Bertz CT molecular complexity index is 1170. The van der Waals surface area contributed by atoms with Crippen LogP contribution in [0.2, 0.25) is 10.0 Å². The third kappa shape index (κ3) is 10.4. The minimum absolute atomic E-state index is 0.114. The van der Waals surface area contributed by atoms with Crippen LogP contribution >= 0.6 is 39.1 Å². The van der Waals surface area contributed by atoms with Crippen LogP contribution in [0.15, 0.2) is 40.9 Å². The Morgan fingerprint density at radius 2 is 1.77 bits per heavy atom. The molecular formula is C26H30BrCl2F3N4O4. The first-order valence-electron chi connectivity index (χ1n) is 12.5. The van der Waals surface area contributed by atoms with Crippen molar-refractivity contribution in [2.75, 3.05) is 52.4 Å². The van der Waals surface area contributed by atoms with Crippen molar-refractivity contribution in [3.8, 4) is 5.75 Å². The molecule has 40 heavy (non-hydrogen) atoms. The van der Waals surface area contributed by atoms with E-state index >= 15 is 0 Å². The summed E-state index contributed by atoms with van der Waals surface area (Å²) < 4.78 is 38.7. The molecule has 2 heterocycles. The van der Waals surface area contributed by atoms with Crippen molar-refractivity contribution in [1.82, 2.24) is 20.4 Å². The van der Waals surface area contributed by atoms with Gasteiger partial charge in [-0.2, -0.15) is 13.2 Å². The van der Waals surface area contributed by atoms with Gasteiger partial charge in [-0.1, -0.05) is 29.3 Å². The number of benzene rings is 2. The number of hydrogen-bond donors (Lipinski definition) is 3. The summed E-state index contributed by atoms with van der Waals surface area (Å²) in [4.78, 5) is 26.2. The second-order valence-corrected chi connectivity index (χ2v) is 11.0. The van der Waals surface area contributed by atoms with Crippen molar-refractivity contribution < 1.29 is 32.6 Å². The number of carboxylic acids is 1. The van der Waals surface area contributed by atoms with Crippen molar-refractivity contribution in [3.63, 3.8) is 0 Å². The molecule has 2 aromatic rings. The van der Waals surface area contributed by atoms with E-state index in [2.05, 4.69) is 48.5 Å². The maximum atomic E-state index is 12.5. The summed E-state index contributed by atoms with van der Waals surface area (Å²) in [6.07, 6.45) is -4.17. The highest BCUT2D eigenvalue weighted by Crippen LogP contribution is 2.27. The highest BCUT2D eigenvalue weighted by molar-refractivity contribution is 9.10. The molecule has 2 saturated heterocycles. The van der Waals surface area contributed by atoms with E-state index in [0.717, 1.165) is 69.0 Å². The molecule has 0 spiro atoms. The van der Waals surface area contributed by atoms with Gasteiger partial charge in [-0.05, 0) is 58.2 Å². The summed E-state index contributed by atoms with van der Waals surface area (Å²) in [6, 6.07) is 11.3. The normalized spacial score (nSPS) is 18.1. The summed E-state index contributed by atoms with van der Waals surface area (Å²) >= 11 is 15.6. The van der Waals surface area contributed by atoms with Gasteiger partial charge in [0.1, 0.15) is 12.4 Å². The number of ether oxygens (including phenoxy) is 1. The molecule has 0 unspecified atom stereocenters.